The molecule has 3 rings (SSSR count). The van der Waals surface area contributed by atoms with Crippen LogP contribution in [0.3, 0.4) is 0 Å². The molecule has 0 radical (unpaired) electrons. The molecule has 1 aliphatic carbocycles. The molecule has 26 heavy (non-hydrogen) atoms. The second-order valence-corrected chi connectivity index (χ2v) is 6.05. The van der Waals surface area contributed by atoms with E-state index < -0.39 is 12.5 Å². The summed E-state index contributed by atoms with van der Waals surface area (Å²) >= 11 is 0. The first kappa shape index (κ1) is 17.8. The van der Waals surface area contributed by atoms with Crippen LogP contribution < -0.4 is 5.73 Å². The SMILES string of the molecule is C=N/C=C\C(CF)=Nc1c(C2CCC2)ccc(-c2cnc(N)cn2)c1F. The van der Waals surface area contributed by atoms with Gasteiger partial charge in [-0.3, -0.25) is 9.98 Å². The van der Waals surface area contributed by atoms with Gasteiger partial charge in [0.1, 0.15) is 18.2 Å². The van der Waals surface area contributed by atoms with Crippen molar-refractivity contribution in [3.05, 3.63) is 48.2 Å². The number of rotatable bonds is 6. The zero-order valence-corrected chi connectivity index (χ0v) is 14.2. The van der Waals surface area contributed by atoms with E-state index in [0.717, 1.165) is 24.8 Å². The van der Waals surface area contributed by atoms with Crippen molar-refractivity contribution in [2.45, 2.75) is 25.2 Å². The molecule has 1 saturated carbocycles. The van der Waals surface area contributed by atoms with Crippen molar-refractivity contribution >= 4 is 23.9 Å². The predicted molar refractivity (Wildman–Crippen MR) is 100 cm³/mol. The molecule has 5 nitrogen and oxygen atoms in total. The lowest BCUT2D eigenvalue weighted by Crippen LogP contribution is -2.10. The van der Waals surface area contributed by atoms with E-state index in [9.17, 15) is 4.39 Å². The van der Waals surface area contributed by atoms with E-state index in [1.807, 2.05) is 6.07 Å². The van der Waals surface area contributed by atoms with Crippen molar-refractivity contribution in [3.8, 4) is 11.3 Å². The Bertz CT molecular complexity index is 855. The van der Waals surface area contributed by atoms with Crippen LogP contribution in [0, 0.1) is 5.82 Å². The van der Waals surface area contributed by atoms with Crippen LogP contribution in [0.1, 0.15) is 30.7 Å². The van der Waals surface area contributed by atoms with Gasteiger partial charge in [0.2, 0.25) is 0 Å². The fraction of sp³-hybridized carbons (Fsp3) is 0.263. The maximum Gasteiger partial charge on any atom is 0.158 e. The van der Waals surface area contributed by atoms with Crippen LogP contribution in [0.4, 0.5) is 20.3 Å². The zero-order chi connectivity index (χ0) is 18.5. The predicted octanol–water partition coefficient (Wildman–Crippen LogP) is 4.39. The van der Waals surface area contributed by atoms with Crippen molar-refractivity contribution in [2.24, 2.45) is 9.98 Å². The lowest BCUT2D eigenvalue weighted by Gasteiger charge is -2.27. The molecular weight excluding hydrogens is 336 g/mol. The molecule has 2 aromatic rings. The Morgan fingerprint density at radius 1 is 1.31 bits per heavy atom. The maximum absolute atomic E-state index is 15.3. The molecule has 1 aromatic heterocycles. The van der Waals surface area contributed by atoms with Gasteiger partial charge in [0, 0.05) is 11.8 Å². The van der Waals surface area contributed by atoms with E-state index >= 15 is 4.39 Å². The summed E-state index contributed by atoms with van der Waals surface area (Å²) in [5.41, 5.74) is 7.15. The third-order valence-electron chi connectivity index (χ3n) is 4.40. The number of halogens is 2. The minimum Gasteiger partial charge on any atom is -0.382 e. The summed E-state index contributed by atoms with van der Waals surface area (Å²) in [6, 6.07) is 3.50. The lowest BCUT2D eigenvalue weighted by molar-refractivity contribution is 0.419. The number of benzene rings is 1. The monoisotopic (exact) mass is 355 g/mol. The molecule has 0 amide bonds. The molecule has 0 unspecified atom stereocenters. The van der Waals surface area contributed by atoms with Crippen LogP contribution >= 0.6 is 0 Å². The summed E-state index contributed by atoms with van der Waals surface area (Å²) in [5, 5.41) is 0. The minimum absolute atomic E-state index is 0.0809. The van der Waals surface area contributed by atoms with E-state index in [-0.39, 0.29) is 28.7 Å². The number of nitrogen functional groups attached to an aromatic ring is 1. The van der Waals surface area contributed by atoms with E-state index in [2.05, 4.69) is 26.7 Å². The van der Waals surface area contributed by atoms with Gasteiger partial charge in [-0.05, 0) is 43.2 Å². The highest BCUT2D eigenvalue weighted by Crippen LogP contribution is 2.43. The Morgan fingerprint density at radius 3 is 2.69 bits per heavy atom. The van der Waals surface area contributed by atoms with E-state index in [1.54, 1.807) is 6.07 Å². The molecular formula is C19H19F2N5. The van der Waals surface area contributed by atoms with Crippen LogP contribution in [-0.2, 0) is 0 Å². The molecule has 0 saturated heterocycles. The first-order chi connectivity index (χ1) is 12.6. The third-order valence-corrected chi connectivity index (χ3v) is 4.40. The van der Waals surface area contributed by atoms with Gasteiger partial charge in [-0.2, -0.15) is 0 Å². The van der Waals surface area contributed by atoms with Crippen LogP contribution in [0.5, 0.6) is 0 Å². The Hall–Kier alpha value is -2.96. The van der Waals surface area contributed by atoms with Crippen LogP contribution in [0.25, 0.3) is 11.3 Å². The number of hydrogen-bond donors (Lipinski definition) is 1. The van der Waals surface area contributed by atoms with Gasteiger partial charge >= 0.3 is 0 Å². The molecule has 1 heterocycles. The quantitative estimate of drug-likeness (QED) is 0.781. The average molecular weight is 355 g/mol. The lowest BCUT2D eigenvalue weighted by atomic mass is 9.79. The number of nitrogens with zero attached hydrogens (tertiary/aromatic N) is 4. The molecule has 0 bridgehead atoms. The summed E-state index contributed by atoms with van der Waals surface area (Å²) < 4.78 is 28.6. The molecule has 1 fully saturated rings. The highest BCUT2D eigenvalue weighted by atomic mass is 19.1. The van der Waals surface area contributed by atoms with Crippen LogP contribution in [0.2, 0.25) is 0 Å². The number of anilines is 1. The zero-order valence-electron chi connectivity index (χ0n) is 14.2. The summed E-state index contributed by atoms with van der Waals surface area (Å²) in [6.45, 7) is 2.47. The average Bonchev–Trinajstić information content (AvgIpc) is 2.60. The number of allylic oxidation sites excluding steroid dienone is 1. The Balaban J connectivity index is 2.13. The number of aromatic nitrogens is 2. The van der Waals surface area contributed by atoms with Gasteiger partial charge in [0.15, 0.2) is 5.82 Å². The van der Waals surface area contributed by atoms with Crippen LogP contribution in [0.15, 0.2) is 46.8 Å². The number of nitrogens with two attached hydrogens (primary N) is 1. The van der Waals surface area contributed by atoms with Crippen molar-refractivity contribution in [2.75, 3.05) is 12.4 Å². The first-order valence-corrected chi connectivity index (χ1v) is 8.30. The van der Waals surface area contributed by atoms with Crippen LogP contribution in [-0.4, -0.2) is 29.1 Å². The standard InChI is InChI=1S/C19H19F2N5/c1-23-8-7-13(9-20)26-19-14(12-3-2-4-12)5-6-15(18(19)21)16-10-25-17(22)11-24-16/h5-8,10-12H,1-4,9H2,(H2,22,25)/b8-7-,26-13?. The fourth-order valence-electron chi connectivity index (χ4n) is 2.81. The van der Waals surface area contributed by atoms with Gasteiger partial charge in [-0.15, -0.1) is 0 Å². The Kier molecular flexibility index (Phi) is 5.46. The molecule has 7 heteroatoms. The summed E-state index contributed by atoms with van der Waals surface area (Å²) in [7, 11) is 0. The van der Waals surface area contributed by atoms with Crippen molar-refractivity contribution in [1.29, 1.82) is 0 Å². The van der Waals surface area contributed by atoms with Gasteiger partial charge in [-0.1, -0.05) is 12.5 Å². The largest absolute Gasteiger partial charge is 0.382 e. The molecule has 1 aromatic carbocycles. The van der Waals surface area contributed by atoms with E-state index in [0.29, 0.717) is 5.69 Å². The summed E-state index contributed by atoms with van der Waals surface area (Å²) in [4.78, 5) is 15.9. The number of hydrogen-bond acceptors (Lipinski definition) is 5. The Morgan fingerprint density at radius 2 is 2.12 bits per heavy atom. The molecule has 0 spiro atoms. The van der Waals surface area contributed by atoms with Crippen molar-refractivity contribution in [1.82, 2.24) is 9.97 Å². The Labute approximate surface area is 150 Å². The molecule has 0 atom stereocenters. The molecule has 1 aliphatic rings. The summed E-state index contributed by atoms with van der Waals surface area (Å²) in [6.07, 6.45) is 8.51. The fourth-order valence-corrected chi connectivity index (χ4v) is 2.81. The first-order valence-electron chi connectivity index (χ1n) is 8.30. The van der Waals surface area contributed by atoms with Gasteiger partial charge in [-0.25, -0.2) is 18.8 Å². The molecule has 2 N–H and O–H groups in total. The molecule has 0 aliphatic heterocycles. The van der Waals surface area contributed by atoms with E-state index in [4.69, 9.17) is 5.73 Å². The topological polar surface area (TPSA) is 76.5 Å². The minimum atomic E-state index is -0.832. The van der Waals surface area contributed by atoms with E-state index in [1.165, 1.54) is 24.7 Å². The highest BCUT2D eigenvalue weighted by Gasteiger charge is 2.26. The number of alkyl halides is 1. The maximum atomic E-state index is 15.3. The second kappa shape index (κ2) is 7.95. The second-order valence-electron chi connectivity index (χ2n) is 6.05. The van der Waals surface area contributed by atoms with Gasteiger partial charge in [0.05, 0.1) is 23.8 Å². The van der Waals surface area contributed by atoms with Crippen molar-refractivity contribution in [3.63, 3.8) is 0 Å². The third kappa shape index (κ3) is 3.66. The highest BCUT2D eigenvalue weighted by molar-refractivity contribution is 5.98. The molecule has 134 valence electrons. The summed E-state index contributed by atoms with van der Waals surface area (Å²) in [5.74, 6) is -0.0585. The number of aliphatic imine (C=N–C) groups is 2. The normalized spacial score (nSPS) is 15.2. The smallest absolute Gasteiger partial charge is 0.158 e. The van der Waals surface area contributed by atoms with Gasteiger partial charge < -0.3 is 5.73 Å². The van der Waals surface area contributed by atoms with Crippen molar-refractivity contribution < 1.29 is 8.78 Å². The van der Waals surface area contributed by atoms with Gasteiger partial charge in [0.25, 0.3) is 0 Å².